The van der Waals surface area contributed by atoms with Crippen LogP contribution in [-0.4, -0.2) is 20.6 Å². The molecule has 25 heavy (non-hydrogen) atoms. The Morgan fingerprint density at radius 2 is 1.88 bits per heavy atom. The lowest BCUT2D eigenvalue weighted by molar-refractivity contribution is -0.134. The van der Waals surface area contributed by atoms with Crippen molar-refractivity contribution in [2.24, 2.45) is 0 Å². The molecule has 0 spiro atoms. The molecule has 8 heteroatoms. The minimum Gasteiger partial charge on any atom is -0.366 e. The molecule has 0 saturated heterocycles. The first-order chi connectivity index (χ1) is 12.0. The van der Waals surface area contributed by atoms with Crippen molar-refractivity contribution >= 4 is 22.8 Å². The van der Waals surface area contributed by atoms with Gasteiger partial charge in [0.1, 0.15) is 16.4 Å². The van der Waals surface area contributed by atoms with Crippen LogP contribution in [0.2, 0.25) is 0 Å². The lowest BCUT2D eigenvalue weighted by Gasteiger charge is -2.23. The van der Waals surface area contributed by atoms with Crippen molar-refractivity contribution < 1.29 is 13.2 Å². The molecule has 4 nitrogen and oxygen atoms in total. The molecule has 3 aromatic rings. The van der Waals surface area contributed by atoms with E-state index in [-0.39, 0.29) is 0 Å². The Labute approximate surface area is 146 Å². The van der Waals surface area contributed by atoms with E-state index >= 15 is 0 Å². The quantitative estimate of drug-likeness (QED) is 0.691. The fourth-order valence-electron chi connectivity index (χ4n) is 3.20. The van der Waals surface area contributed by atoms with Crippen LogP contribution in [0.15, 0.2) is 30.5 Å². The van der Waals surface area contributed by atoms with E-state index in [0.717, 1.165) is 24.7 Å². The van der Waals surface area contributed by atoms with Crippen molar-refractivity contribution in [3.63, 3.8) is 0 Å². The highest BCUT2D eigenvalue weighted by atomic mass is 32.1. The summed E-state index contributed by atoms with van der Waals surface area (Å²) >= 11 is 0.708. The summed E-state index contributed by atoms with van der Waals surface area (Å²) in [4.78, 5) is 4.14. The smallest absolute Gasteiger partial charge is 0.366 e. The van der Waals surface area contributed by atoms with Gasteiger partial charge in [0.25, 0.3) is 0 Å². The van der Waals surface area contributed by atoms with Gasteiger partial charge in [-0.05, 0) is 37.1 Å². The molecule has 3 heterocycles. The molecular weight excluding hydrogens is 349 g/mol. The van der Waals surface area contributed by atoms with Gasteiger partial charge in [-0.25, -0.2) is 9.50 Å². The lowest BCUT2D eigenvalue weighted by atomic mass is 9.95. The maximum atomic E-state index is 12.8. The van der Waals surface area contributed by atoms with Crippen LogP contribution in [0, 0.1) is 0 Å². The summed E-state index contributed by atoms with van der Waals surface area (Å²) in [5.41, 5.74) is 1.19. The molecule has 1 N–H and O–H groups in total. The normalized spacial score (nSPS) is 16.4. The molecule has 1 aliphatic carbocycles. The second-order valence-corrected chi connectivity index (χ2v) is 7.36. The molecule has 0 radical (unpaired) electrons. The molecule has 0 amide bonds. The molecule has 0 unspecified atom stereocenters. The van der Waals surface area contributed by atoms with Gasteiger partial charge in [-0.1, -0.05) is 19.3 Å². The predicted molar refractivity (Wildman–Crippen MR) is 91.8 cm³/mol. The van der Waals surface area contributed by atoms with Gasteiger partial charge in [-0.2, -0.15) is 13.2 Å². The molecule has 1 fully saturated rings. The van der Waals surface area contributed by atoms with Gasteiger partial charge < -0.3 is 5.32 Å². The summed E-state index contributed by atoms with van der Waals surface area (Å²) in [7, 11) is 0. The van der Waals surface area contributed by atoms with Crippen molar-refractivity contribution in [1.29, 1.82) is 0 Å². The number of halogens is 3. The number of hydrogen-bond donors (Lipinski definition) is 1. The van der Waals surface area contributed by atoms with E-state index in [9.17, 15) is 13.2 Å². The van der Waals surface area contributed by atoms with Crippen molar-refractivity contribution in [3.8, 4) is 10.6 Å². The van der Waals surface area contributed by atoms with E-state index in [0.29, 0.717) is 33.6 Å². The third kappa shape index (κ3) is 3.35. The number of nitrogens with zero attached hydrogens (tertiary/aromatic N) is 3. The number of rotatable bonds is 3. The lowest BCUT2D eigenvalue weighted by Crippen LogP contribution is -2.23. The Morgan fingerprint density at radius 1 is 1.08 bits per heavy atom. The zero-order chi connectivity index (χ0) is 17.4. The van der Waals surface area contributed by atoms with Crippen LogP contribution in [0.1, 0.15) is 37.0 Å². The minimum absolute atomic E-state index is 0.407. The maximum absolute atomic E-state index is 12.8. The highest BCUT2D eigenvalue weighted by molar-refractivity contribution is 7.15. The summed E-state index contributed by atoms with van der Waals surface area (Å²) < 4.78 is 40.1. The molecule has 1 saturated carbocycles. The molecular formula is C17H17F3N4S. The zero-order valence-corrected chi connectivity index (χ0v) is 14.2. The van der Waals surface area contributed by atoms with E-state index in [1.165, 1.54) is 25.3 Å². The monoisotopic (exact) mass is 366 g/mol. The van der Waals surface area contributed by atoms with E-state index in [4.69, 9.17) is 0 Å². The van der Waals surface area contributed by atoms with Crippen molar-refractivity contribution in [1.82, 2.24) is 14.6 Å². The summed E-state index contributed by atoms with van der Waals surface area (Å²) in [5.74, 6) is 0.728. The zero-order valence-electron chi connectivity index (χ0n) is 13.4. The fourth-order valence-corrected chi connectivity index (χ4v) is 4.07. The Balaban J connectivity index is 1.65. The van der Waals surface area contributed by atoms with Gasteiger partial charge in [-0.3, -0.25) is 0 Å². The number of imidazole rings is 1. The third-order valence-electron chi connectivity index (χ3n) is 4.46. The summed E-state index contributed by atoms with van der Waals surface area (Å²) in [6, 6.07) is 6.68. The largest absolute Gasteiger partial charge is 0.425 e. The summed E-state index contributed by atoms with van der Waals surface area (Å²) in [5, 5.41) is 7.98. The van der Waals surface area contributed by atoms with E-state index in [2.05, 4.69) is 15.4 Å². The third-order valence-corrected chi connectivity index (χ3v) is 5.61. The molecule has 0 aliphatic heterocycles. The Hall–Kier alpha value is -2.09. The fraction of sp³-hybridized carbons (Fsp3) is 0.412. The minimum atomic E-state index is -4.33. The summed E-state index contributed by atoms with van der Waals surface area (Å²) in [6.45, 7) is 0. The van der Waals surface area contributed by atoms with E-state index in [1.807, 2.05) is 12.1 Å². The van der Waals surface area contributed by atoms with Gasteiger partial charge in [0.05, 0.1) is 11.1 Å². The van der Waals surface area contributed by atoms with Gasteiger partial charge in [0.15, 0.2) is 5.65 Å². The Bertz CT molecular complexity index is 878. The van der Waals surface area contributed by atoms with Gasteiger partial charge >= 0.3 is 6.18 Å². The second kappa shape index (κ2) is 6.33. The maximum Gasteiger partial charge on any atom is 0.425 e. The highest BCUT2D eigenvalue weighted by Gasteiger charge is 2.32. The topological polar surface area (TPSA) is 42.2 Å². The van der Waals surface area contributed by atoms with Crippen molar-refractivity contribution in [2.45, 2.75) is 44.3 Å². The highest BCUT2D eigenvalue weighted by Crippen LogP contribution is 2.38. The van der Waals surface area contributed by atoms with Crippen LogP contribution in [0.5, 0.6) is 0 Å². The first-order valence-electron chi connectivity index (χ1n) is 8.29. The molecule has 4 rings (SSSR count). The molecule has 0 bridgehead atoms. The number of fused-ring (bicyclic) bond motifs is 1. The average Bonchev–Trinajstić information content (AvgIpc) is 3.21. The molecule has 132 valence electrons. The predicted octanol–water partition coefficient (Wildman–Crippen LogP) is 5.22. The first kappa shape index (κ1) is 16.4. The number of nitrogens with one attached hydrogen (secondary N) is 1. The van der Waals surface area contributed by atoms with Crippen molar-refractivity contribution in [3.05, 3.63) is 35.3 Å². The van der Waals surface area contributed by atoms with E-state index in [1.54, 1.807) is 10.7 Å². The van der Waals surface area contributed by atoms with Crippen LogP contribution in [-0.2, 0) is 6.18 Å². The SMILES string of the molecule is FC(F)(F)c1ccc(-c2cnc3ccc(NC4CCCCC4)nn23)s1. The molecule has 3 aromatic heterocycles. The van der Waals surface area contributed by atoms with Crippen LogP contribution >= 0.6 is 11.3 Å². The van der Waals surface area contributed by atoms with Gasteiger partial charge in [0.2, 0.25) is 0 Å². The number of thiophene rings is 1. The first-order valence-corrected chi connectivity index (χ1v) is 9.11. The van der Waals surface area contributed by atoms with Crippen molar-refractivity contribution in [2.75, 3.05) is 5.32 Å². The standard InChI is InChI=1S/C17H17F3N4S/c18-17(19,20)14-7-6-13(25-14)12-10-21-16-9-8-15(23-24(12)16)22-11-4-2-1-3-5-11/h6-11H,1-5H2,(H,22,23). The van der Waals surface area contributed by atoms with Crippen LogP contribution in [0.3, 0.4) is 0 Å². The van der Waals surface area contributed by atoms with Crippen LogP contribution < -0.4 is 5.32 Å². The number of hydrogen-bond acceptors (Lipinski definition) is 4. The van der Waals surface area contributed by atoms with Crippen LogP contribution in [0.25, 0.3) is 16.2 Å². The molecule has 1 aliphatic rings. The van der Waals surface area contributed by atoms with Gasteiger partial charge in [-0.15, -0.1) is 16.4 Å². The molecule has 0 atom stereocenters. The molecule has 0 aromatic carbocycles. The second-order valence-electron chi connectivity index (χ2n) is 6.27. The summed E-state index contributed by atoms with van der Waals surface area (Å²) in [6.07, 6.45) is 3.18. The average molecular weight is 366 g/mol. The van der Waals surface area contributed by atoms with Crippen LogP contribution in [0.4, 0.5) is 19.0 Å². The van der Waals surface area contributed by atoms with Gasteiger partial charge in [0, 0.05) is 6.04 Å². The number of aromatic nitrogens is 3. The number of alkyl halides is 3. The number of anilines is 1. The Kier molecular flexibility index (Phi) is 4.15. The van der Waals surface area contributed by atoms with E-state index < -0.39 is 11.1 Å². The Morgan fingerprint density at radius 3 is 2.60 bits per heavy atom.